The molecule has 0 unspecified atom stereocenters. The minimum atomic E-state index is 0.0489. The molecule has 0 radical (unpaired) electrons. The molecule has 0 bridgehead atoms. The summed E-state index contributed by atoms with van der Waals surface area (Å²) >= 11 is 0. The average molecular weight is 346 g/mol. The van der Waals surface area contributed by atoms with Gasteiger partial charge in [0.25, 0.3) is 0 Å². The first kappa shape index (κ1) is 16.8. The lowest BCUT2D eigenvalue weighted by Crippen LogP contribution is -2.45. The van der Waals surface area contributed by atoms with Gasteiger partial charge >= 0.3 is 6.03 Å². The molecule has 0 aromatic carbocycles. The van der Waals surface area contributed by atoms with E-state index in [1.54, 1.807) is 0 Å². The van der Waals surface area contributed by atoms with Gasteiger partial charge < -0.3 is 19.7 Å². The second-order valence-corrected chi connectivity index (χ2v) is 7.74. The van der Waals surface area contributed by atoms with Gasteiger partial charge in [-0.25, -0.2) is 4.79 Å². The van der Waals surface area contributed by atoms with E-state index in [4.69, 9.17) is 0 Å². The summed E-state index contributed by atoms with van der Waals surface area (Å²) in [6.45, 7) is 6.98. The fourth-order valence-electron chi connectivity index (χ4n) is 4.41. The van der Waals surface area contributed by atoms with Crippen LogP contribution >= 0.6 is 0 Å². The molecule has 25 heavy (non-hydrogen) atoms. The van der Waals surface area contributed by atoms with Gasteiger partial charge in [-0.1, -0.05) is 0 Å². The first-order valence-electron chi connectivity index (χ1n) is 9.95. The number of hydrogen-bond acceptors (Lipinski definition) is 4. The van der Waals surface area contributed by atoms with Crippen LogP contribution in [0, 0.1) is 5.92 Å². The highest BCUT2D eigenvalue weighted by Gasteiger charge is 2.25. The number of nitrogens with zero attached hydrogens (tertiary/aromatic N) is 5. The Balaban J connectivity index is 1.22. The highest BCUT2D eigenvalue weighted by atomic mass is 16.2. The topological polar surface area (TPSA) is 66.3 Å². The van der Waals surface area contributed by atoms with Crippen molar-refractivity contribution < 1.29 is 4.79 Å². The Bertz CT molecular complexity index is 586. The average Bonchev–Trinajstić information content (AvgIpc) is 3.30. The van der Waals surface area contributed by atoms with Gasteiger partial charge in [0.15, 0.2) is 5.82 Å². The van der Waals surface area contributed by atoms with Crippen LogP contribution in [0.5, 0.6) is 0 Å². The van der Waals surface area contributed by atoms with Crippen molar-refractivity contribution in [3.63, 3.8) is 0 Å². The molecule has 3 aliphatic heterocycles. The van der Waals surface area contributed by atoms with Crippen LogP contribution in [-0.4, -0.2) is 63.3 Å². The molecule has 2 amide bonds. The van der Waals surface area contributed by atoms with Crippen molar-refractivity contribution in [2.24, 2.45) is 5.92 Å². The van der Waals surface area contributed by atoms with Crippen LogP contribution in [0.25, 0.3) is 0 Å². The fraction of sp³-hybridized carbons (Fsp3) is 0.833. The van der Waals surface area contributed by atoms with Gasteiger partial charge in [-0.2, -0.15) is 0 Å². The van der Waals surface area contributed by atoms with E-state index in [2.05, 4.69) is 25.0 Å². The van der Waals surface area contributed by atoms with E-state index in [1.807, 2.05) is 4.90 Å². The Morgan fingerprint density at radius 3 is 2.56 bits per heavy atom. The van der Waals surface area contributed by atoms with Crippen molar-refractivity contribution >= 4 is 6.03 Å². The standard InChI is InChI=1S/C18H30N6O/c25-18(19-13-17-21-20-16-5-1-2-10-24(16)17)23-11-6-15(7-12-23)14-22-8-3-4-9-22/h15H,1-14H2,(H,19,25). The summed E-state index contributed by atoms with van der Waals surface area (Å²) in [5.74, 6) is 2.72. The highest BCUT2D eigenvalue weighted by molar-refractivity contribution is 5.74. The molecule has 0 aliphatic carbocycles. The molecule has 2 saturated heterocycles. The van der Waals surface area contributed by atoms with Crippen LogP contribution in [0.1, 0.15) is 50.2 Å². The number of aryl methyl sites for hydroxylation is 1. The lowest BCUT2D eigenvalue weighted by atomic mass is 9.96. The zero-order valence-corrected chi connectivity index (χ0v) is 15.1. The number of likely N-dealkylation sites (tertiary alicyclic amines) is 2. The maximum atomic E-state index is 12.5. The molecule has 0 spiro atoms. The van der Waals surface area contributed by atoms with E-state index in [0.717, 1.165) is 56.5 Å². The molecule has 2 fully saturated rings. The number of fused-ring (bicyclic) bond motifs is 1. The predicted molar refractivity (Wildman–Crippen MR) is 95.2 cm³/mol. The number of aromatic nitrogens is 3. The van der Waals surface area contributed by atoms with Gasteiger partial charge in [-0.15, -0.1) is 10.2 Å². The molecule has 138 valence electrons. The summed E-state index contributed by atoms with van der Waals surface area (Å²) in [7, 11) is 0. The molecule has 1 aromatic heterocycles. The number of nitrogens with one attached hydrogen (secondary N) is 1. The summed E-state index contributed by atoms with van der Waals surface area (Å²) < 4.78 is 2.17. The Labute approximate surface area is 149 Å². The van der Waals surface area contributed by atoms with Gasteiger partial charge in [0.05, 0.1) is 6.54 Å². The van der Waals surface area contributed by atoms with Crippen molar-refractivity contribution in [1.29, 1.82) is 0 Å². The lowest BCUT2D eigenvalue weighted by Gasteiger charge is -2.33. The van der Waals surface area contributed by atoms with Gasteiger partial charge in [-0.05, 0) is 57.5 Å². The summed E-state index contributed by atoms with van der Waals surface area (Å²) in [5, 5.41) is 11.6. The second-order valence-electron chi connectivity index (χ2n) is 7.74. The number of amides is 2. The van der Waals surface area contributed by atoms with E-state index in [-0.39, 0.29) is 6.03 Å². The minimum Gasteiger partial charge on any atom is -0.331 e. The molecule has 4 rings (SSSR count). The molecule has 7 nitrogen and oxygen atoms in total. The first-order chi connectivity index (χ1) is 12.3. The van der Waals surface area contributed by atoms with Crippen LogP contribution in [0.3, 0.4) is 0 Å². The Morgan fingerprint density at radius 2 is 1.76 bits per heavy atom. The second kappa shape index (κ2) is 7.72. The first-order valence-corrected chi connectivity index (χ1v) is 9.95. The third-order valence-electron chi connectivity index (χ3n) is 5.95. The van der Waals surface area contributed by atoms with Crippen LogP contribution in [0.4, 0.5) is 4.79 Å². The Kier molecular flexibility index (Phi) is 5.20. The lowest BCUT2D eigenvalue weighted by molar-refractivity contribution is 0.154. The number of carbonyl (C=O) groups is 1. The Hall–Kier alpha value is -1.63. The summed E-state index contributed by atoms with van der Waals surface area (Å²) in [6, 6.07) is 0.0489. The minimum absolute atomic E-state index is 0.0489. The third kappa shape index (κ3) is 3.97. The summed E-state index contributed by atoms with van der Waals surface area (Å²) in [4.78, 5) is 17.0. The monoisotopic (exact) mass is 346 g/mol. The van der Waals surface area contributed by atoms with Crippen molar-refractivity contribution in [2.45, 2.75) is 58.0 Å². The van der Waals surface area contributed by atoms with Crippen molar-refractivity contribution in [3.05, 3.63) is 11.6 Å². The van der Waals surface area contributed by atoms with Crippen molar-refractivity contribution in [1.82, 2.24) is 29.9 Å². The van der Waals surface area contributed by atoms with E-state index in [0.29, 0.717) is 6.54 Å². The number of rotatable bonds is 4. The van der Waals surface area contributed by atoms with E-state index in [1.165, 1.54) is 45.3 Å². The molecule has 3 aliphatic rings. The predicted octanol–water partition coefficient (Wildman–Crippen LogP) is 1.63. The smallest absolute Gasteiger partial charge is 0.317 e. The number of carbonyl (C=O) groups excluding carboxylic acids is 1. The summed E-state index contributed by atoms with van der Waals surface area (Å²) in [6.07, 6.45) is 8.34. The normalized spacial score (nSPS) is 22.2. The molecular formula is C18H30N6O. The Morgan fingerprint density at radius 1 is 1.00 bits per heavy atom. The van der Waals surface area contributed by atoms with Crippen molar-refractivity contribution in [3.8, 4) is 0 Å². The molecule has 0 atom stereocenters. The van der Waals surface area contributed by atoms with Crippen molar-refractivity contribution in [2.75, 3.05) is 32.7 Å². The zero-order chi connectivity index (χ0) is 17.1. The fourth-order valence-corrected chi connectivity index (χ4v) is 4.41. The van der Waals surface area contributed by atoms with Crippen LogP contribution in [0.15, 0.2) is 0 Å². The molecular weight excluding hydrogens is 316 g/mol. The molecule has 1 aromatic rings. The van der Waals surface area contributed by atoms with Crippen LogP contribution < -0.4 is 5.32 Å². The highest BCUT2D eigenvalue weighted by Crippen LogP contribution is 2.21. The van der Waals surface area contributed by atoms with Gasteiger partial charge in [0.1, 0.15) is 5.82 Å². The van der Waals surface area contributed by atoms with Crippen LogP contribution in [0.2, 0.25) is 0 Å². The van der Waals surface area contributed by atoms with Gasteiger partial charge in [0.2, 0.25) is 0 Å². The van der Waals surface area contributed by atoms with Gasteiger partial charge in [-0.3, -0.25) is 0 Å². The molecule has 7 heteroatoms. The van der Waals surface area contributed by atoms with Crippen LogP contribution in [-0.2, 0) is 19.5 Å². The SMILES string of the molecule is O=C(NCc1nnc2n1CCCC2)N1CCC(CN2CCCC2)CC1. The quantitative estimate of drug-likeness (QED) is 0.900. The van der Waals surface area contributed by atoms with E-state index >= 15 is 0 Å². The molecule has 0 saturated carbocycles. The summed E-state index contributed by atoms with van der Waals surface area (Å²) in [5.41, 5.74) is 0. The maximum Gasteiger partial charge on any atom is 0.317 e. The number of piperidine rings is 1. The largest absolute Gasteiger partial charge is 0.331 e. The number of urea groups is 1. The molecule has 4 heterocycles. The zero-order valence-electron chi connectivity index (χ0n) is 15.1. The third-order valence-corrected chi connectivity index (χ3v) is 5.95. The maximum absolute atomic E-state index is 12.5. The van der Waals surface area contributed by atoms with E-state index < -0.39 is 0 Å². The van der Waals surface area contributed by atoms with E-state index in [9.17, 15) is 4.79 Å². The molecule has 1 N–H and O–H groups in total. The number of hydrogen-bond donors (Lipinski definition) is 1. The van der Waals surface area contributed by atoms with Gasteiger partial charge in [0, 0.05) is 32.6 Å².